The highest BCUT2D eigenvalue weighted by molar-refractivity contribution is 6.30. The number of halogens is 4. The van der Waals surface area contributed by atoms with E-state index < -0.39 is 23.1 Å². The molecule has 2 atom stereocenters. The lowest BCUT2D eigenvalue weighted by Gasteiger charge is -2.31. The van der Waals surface area contributed by atoms with Crippen molar-refractivity contribution in [3.63, 3.8) is 0 Å². The molecule has 6 aromatic rings. The van der Waals surface area contributed by atoms with Gasteiger partial charge in [-0.3, -0.25) is 14.4 Å². The van der Waals surface area contributed by atoms with Crippen LogP contribution in [0.5, 0.6) is 34.5 Å². The van der Waals surface area contributed by atoms with Crippen LogP contribution in [0.2, 0.25) is 5.15 Å². The molecule has 25 heteroatoms. The molecule has 2 unspecified atom stereocenters. The number of ether oxygens (including phenoxy) is 4. The number of rotatable bonds is 17. The number of nitrogens with zero attached hydrogens (tertiary/aromatic N) is 12. The lowest BCUT2D eigenvalue weighted by atomic mass is 9.86. The summed E-state index contributed by atoms with van der Waals surface area (Å²) in [6.45, 7) is 35.3. The number of aromatic nitrogens is 6. The summed E-state index contributed by atoms with van der Waals surface area (Å²) in [6, 6.07) is 11.5. The van der Waals surface area contributed by atoms with Gasteiger partial charge in [-0.2, -0.15) is 0 Å². The number of carbonyl (C=O) groups is 4. The minimum atomic E-state index is -0.538. The largest absolute Gasteiger partial charge is 0.452 e. The first-order valence-electron chi connectivity index (χ1n) is 32.5. The normalized spacial score (nSPS) is 17.6. The first-order chi connectivity index (χ1) is 44.9. The predicted octanol–water partition coefficient (Wildman–Crippen LogP) is 13.7. The van der Waals surface area contributed by atoms with E-state index in [4.69, 9.17) is 30.5 Å². The molecular weight excluding hydrogens is 1240 g/mol. The van der Waals surface area contributed by atoms with E-state index in [-0.39, 0.29) is 110 Å². The number of likely N-dealkylation sites (tertiary alicyclic amines) is 1. The predicted molar refractivity (Wildman–Crippen MR) is 358 cm³/mol. The van der Waals surface area contributed by atoms with E-state index in [1.807, 2.05) is 104 Å². The number of benzene rings is 3. The van der Waals surface area contributed by atoms with E-state index in [9.17, 15) is 32.3 Å². The fourth-order valence-corrected chi connectivity index (χ4v) is 13.1. The maximum absolute atomic E-state index is 14.3. The molecule has 2 spiro atoms. The maximum Gasteiger partial charge on any atom is 0.410 e. The summed E-state index contributed by atoms with van der Waals surface area (Å²) in [5.41, 5.74) is 0.134. The van der Waals surface area contributed by atoms with Crippen molar-refractivity contribution in [1.82, 2.24) is 54.8 Å². The average Bonchev–Trinajstić information content (AvgIpc) is 1.70. The van der Waals surface area contributed by atoms with Gasteiger partial charge in [0.1, 0.15) is 59.3 Å². The molecule has 1 N–H and O–H groups in total. The Hall–Kier alpha value is -8.38. The highest BCUT2D eigenvalue weighted by Crippen LogP contribution is 2.45. The SMILES string of the molecule is CC(C)N(C(=O)c1cc(F)ccc1Oc1cncnc1Cl)C(C)C.CC(C)N(C(=O)c1cc(F)ccc1Oc1cncnc1N1CCC2(CCN(C(=O)OC(C)(C)C)C2)C1)C(C)C.CC(C)N(C(=O)c1cc(F)ccc1Oc1cncnc1N1CCC2(CCNC2)C1)C(C)C. The second-order valence-corrected chi connectivity index (χ2v) is 27.8. The van der Waals surface area contributed by atoms with E-state index in [1.165, 1.54) is 73.7 Å². The van der Waals surface area contributed by atoms with Crippen molar-refractivity contribution in [2.24, 2.45) is 10.8 Å². The summed E-state index contributed by atoms with van der Waals surface area (Å²) in [5.74, 6) is 0.704. The van der Waals surface area contributed by atoms with Gasteiger partial charge in [0.05, 0.1) is 35.3 Å². The monoisotopic (exact) mass is 1330 g/mol. The number of hydrogen-bond donors (Lipinski definition) is 1. The van der Waals surface area contributed by atoms with Gasteiger partial charge in [-0.25, -0.2) is 47.9 Å². The van der Waals surface area contributed by atoms with Crippen molar-refractivity contribution < 1.29 is 51.3 Å². The van der Waals surface area contributed by atoms with Crippen LogP contribution in [-0.4, -0.2) is 168 Å². The quantitative estimate of drug-likeness (QED) is 0.0840. The minimum Gasteiger partial charge on any atom is -0.452 e. The van der Waals surface area contributed by atoms with Gasteiger partial charge in [0.2, 0.25) is 0 Å². The molecule has 4 aliphatic heterocycles. The van der Waals surface area contributed by atoms with Crippen molar-refractivity contribution in [2.75, 3.05) is 62.2 Å². The molecule has 0 bridgehead atoms. The van der Waals surface area contributed by atoms with Crippen LogP contribution in [0.3, 0.4) is 0 Å². The Bertz CT molecular complexity index is 3640. The molecular formula is C70H91ClF3N13O8. The van der Waals surface area contributed by atoms with Gasteiger partial charge in [-0.05, 0) is 191 Å². The summed E-state index contributed by atoms with van der Waals surface area (Å²) in [6.07, 6.45) is 12.6. The summed E-state index contributed by atoms with van der Waals surface area (Å²) in [5, 5.41) is 3.58. The van der Waals surface area contributed by atoms with Gasteiger partial charge in [-0.15, -0.1) is 0 Å². The highest BCUT2D eigenvalue weighted by atomic mass is 35.5. The van der Waals surface area contributed by atoms with Crippen LogP contribution in [-0.2, 0) is 4.74 Å². The van der Waals surface area contributed by atoms with Gasteiger partial charge >= 0.3 is 6.09 Å². The third-order valence-electron chi connectivity index (χ3n) is 17.1. The molecule has 10 rings (SSSR count). The third kappa shape index (κ3) is 18.0. The van der Waals surface area contributed by atoms with E-state index in [0.29, 0.717) is 48.5 Å². The fraction of sp³-hybridized carbons (Fsp3) is 0.514. The molecule has 0 saturated carbocycles. The van der Waals surface area contributed by atoms with Gasteiger partial charge in [0, 0.05) is 92.9 Å². The summed E-state index contributed by atoms with van der Waals surface area (Å²) >= 11 is 5.96. The van der Waals surface area contributed by atoms with Crippen LogP contribution in [0, 0.1) is 28.3 Å². The van der Waals surface area contributed by atoms with E-state index in [2.05, 4.69) is 45.0 Å². The topological polar surface area (TPSA) is 214 Å². The first-order valence-corrected chi connectivity index (χ1v) is 32.9. The molecule has 4 fully saturated rings. The molecule has 3 aromatic carbocycles. The van der Waals surface area contributed by atoms with Crippen molar-refractivity contribution in [2.45, 2.75) is 171 Å². The number of anilines is 2. The molecule has 512 valence electrons. The van der Waals surface area contributed by atoms with Crippen molar-refractivity contribution in [1.29, 1.82) is 0 Å². The molecule has 7 heterocycles. The van der Waals surface area contributed by atoms with E-state index >= 15 is 0 Å². The summed E-state index contributed by atoms with van der Waals surface area (Å²) in [4.78, 5) is 88.5. The van der Waals surface area contributed by atoms with Crippen LogP contribution < -0.4 is 29.3 Å². The standard InChI is InChI=1S/C29H40FN5O4.C24H32FN5O2.C17H19ClFN3O2/c1-19(2)35(20(3)4)26(36)22-14-21(30)8-9-23(22)38-24-15-31-18-32-25(24)33-12-10-29(16-33)11-13-34(17-29)27(37)39-28(5,6)7;1-16(2)30(17(3)4)23(31)19-11-18(25)5-6-20(19)32-21-12-27-15-28-22(21)29-10-8-24(14-29)7-9-26-13-24;1-10(2)22(11(3)4)17(23)13-7-12(19)5-6-14(13)24-15-8-20-9-21-16(15)18/h8-9,14-15,18-20H,10-13,16-17H2,1-7H3;5-6,11-12,15-17,26H,7-10,13-14H2,1-4H3;5-11H,1-4H3. The van der Waals surface area contributed by atoms with Crippen molar-refractivity contribution in [3.8, 4) is 34.5 Å². The number of carbonyl (C=O) groups excluding carboxylic acids is 4. The molecule has 0 aliphatic carbocycles. The van der Waals surface area contributed by atoms with Crippen molar-refractivity contribution in [3.05, 3.63) is 131 Å². The highest BCUT2D eigenvalue weighted by Gasteiger charge is 2.47. The fourth-order valence-electron chi connectivity index (χ4n) is 13.0. The molecule has 21 nitrogen and oxygen atoms in total. The van der Waals surface area contributed by atoms with Crippen LogP contribution in [0.1, 0.15) is 161 Å². The van der Waals surface area contributed by atoms with Crippen LogP contribution >= 0.6 is 11.6 Å². The van der Waals surface area contributed by atoms with Crippen LogP contribution in [0.4, 0.5) is 29.6 Å². The van der Waals surface area contributed by atoms with E-state index in [0.717, 1.165) is 64.5 Å². The zero-order chi connectivity index (χ0) is 69.3. The Morgan fingerprint density at radius 1 is 0.505 bits per heavy atom. The Morgan fingerprint density at radius 3 is 1.25 bits per heavy atom. The molecule has 0 radical (unpaired) electrons. The lowest BCUT2D eigenvalue weighted by molar-refractivity contribution is 0.0275. The van der Waals surface area contributed by atoms with Gasteiger partial charge in [0.25, 0.3) is 17.7 Å². The molecule has 4 aliphatic rings. The zero-order valence-electron chi connectivity index (χ0n) is 57.3. The second-order valence-electron chi connectivity index (χ2n) is 27.4. The molecule has 4 amide bonds. The van der Waals surface area contributed by atoms with Crippen molar-refractivity contribution >= 4 is 47.1 Å². The van der Waals surface area contributed by atoms with Crippen LogP contribution in [0.15, 0.2) is 92.2 Å². The van der Waals surface area contributed by atoms with E-state index in [1.54, 1.807) is 32.0 Å². The Morgan fingerprint density at radius 2 is 0.874 bits per heavy atom. The summed E-state index contributed by atoms with van der Waals surface area (Å²) < 4.78 is 65.8. The Kier molecular flexibility index (Phi) is 23.6. The smallest absolute Gasteiger partial charge is 0.410 e. The molecule has 95 heavy (non-hydrogen) atoms. The molecule has 3 aromatic heterocycles. The number of hydrogen-bond acceptors (Lipinski definition) is 17. The Labute approximate surface area is 561 Å². The van der Waals surface area contributed by atoms with Gasteiger partial charge in [-0.1, -0.05) is 11.6 Å². The van der Waals surface area contributed by atoms with Gasteiger partial charge in [0.15, 0.2) is 34.0 Å². The summed E-state index contributed by atoms with van der Waals surface area (Å²) in [7, 11) is 0. The van der Waals surface area contributed by atoms with Crippen LogP contribution in [0.25, 0.3) is 0 Å². The minimum absolute atomic E-state index is 0.0324. The number of nitrogens with one attached hydrogen (secondary N) is 1. The zero-order valence-corrected chi connectivity index (χ0v) is 58.0. The molecule has 4 saturated heterocycles. The Balaban J connectivity index is 0.000000188. The third-order valence-corrected chi connectivity index (χ3v) is 17.3. The first kappa shape index (κ1) is 72.4. The maximum atomic E-state index is 14.3. The van der Waals surface area contributed by atoms with Gasteiger partial charge < -0.3 is 53.7 Å². The number of amides is 4. The second kappa shape index (κ2) is 31.0. The lowest BCUT2D eigenvalue weighted by Crippen LogP contribution is -2.42. The average molecular weight is 1340 g/mol.